The van der Waals surface area contributed by atoms with Crippen molar-refractivity contribution in [3.8, 4) is 0 Å². The molecule has 6 nitrogen and oxygen atoms in total. The zero-order valence-electron chi connectivity index (χ0n) is 10.2. The lowest BCUT2D eigenvalue weighted by molar-refractivity contribution is 0.992. The first-order valence-electron chi connectivity index (χ1n) is 5.49. The SMILES string of the molecule is N#[N+]N=C1C=CC(=S=S=C2C=CC(=NN=N)C=C2)C=C1. The summed E-state index contributed by atoms with van der Waals surface area (Å²) in [4.78, 5) is 2.15. The highest BCUT2D eigenvalue weighted by Crippen LogP contribution is 1.98. The molecule has 0 amide bonds. The van der Waals surface area contributed by atoms with Gasteiger partial charge in [0.05, 0.1) is 5.71 Å². The van der Waals surface area contributed by atoms with E-state index in [9.17, 15) is 0 Å². The lowest BCUT2D eigenvalue weighted by Gasteiger charge is -1.97. The predicted molar refractivity (Wildman–Crippen MR) is 86.4 cm³/mol. The lowest BCUT2D eigenvalue weighted by atomic mass is 10.2. The van der Waals surface area contributed by atoms with Gasteiger partial charge >= 0.3 is 5.08 Å². The molecular formula is C12H9N6S2+. The van der Waals surface area contributed by atoms with E-state index in [2.05, 4.69) is 20.5 Å². The van der Waals surface area contributed by atoms with Gasteiger partial charge in [0, 0.05) is 9.73 Å². The monoisotopic (exact) mass is 301 g/mol. The fourth-order valence-corrected chi connectivity index (χ4v) is 3.27. The van der Waals surface area contributed by atoms with Gasteiger partial charge in [-0.3, -0.25) is 0 Å². The molecule has 0 spiro atoms. The van der Waals surface area contributed by atoms with E-state index in [1.165, 1.54) is 0 Å². The molecule has 0 aromatic carbocycles. The van der Waals surface area contributed by atoms with Crippen molar-refractivity contribution in [1.82, 2.24) is 0 Å². The number of hydrogen-bond acceptors (Lipinski definition) is 4. The molecule has 20 heavy (non-hydrogen) atoms. The molecule has 0 atom stereocenters. The second-order valence-corrected chi connectivity index (χ2v) is 5.82. The average Bonchev–Trinajstić information content (AvgIpc) is 2.49. The summed E-state index contributed by atoms with van der Waals surface area (Å²) in [5.41, 5.74) is 7.92. The molecule has 0 aromatic rings. The van der Waals surface area contributed by atoms with Gasteiger partial charge in [-0.15, -0.1) is 5.10 Å². The van der Waals surface area contributed by atoms with Gasteiger partial charge in [0.2, 0.25) is 0 Å². The van der Waals surface area contributed by atoms with Crippen LogP contribution in [0.15, 0.2) is 64.0 Å². The summed E-state index contributed by atoms with van der Waals surface area (Å²) in [5.74, 6) is 0. The third-order valence-corrected chi connectivity index (χ3v) is 4.65. The Morgan fingerprint density at radius 2 is 1.35 bits per heavy atom. The molecule has 0 saturated heterocycles. The highest BCUT2D eigenvalue weighted by atomic mass is 32.8. The Balaban J connectivity index is 2.23. The molecule has 0 aromatic heterocycles. The number of rotatable bonds is 1. The summed E-state index contributed by atoms with van der Waals surface area (Å²) < 4.78 is 0. The van der Waals surface area contributed by atoms with Crippen LogP contribution in [0.2, 0.25) is 0 Å². The topological polar surface area (TPSA) is 89.1 Å². The van der Waals surface area contributed by atoms with Crippen molar-refractivity contribution < 1.29 is 0 Å². The first-order chi connectivity index (χ1) is 9.81. The Morgan fingerprint density at radius 1 is 0.850 bits per heavy atom. The van der Waals surface area contributed by atoms with Crippen LogP contribution in [-0.4, -0.2) is 21.2 Å². The minimum Gasteiger partial charge on any atom is -0.185 e. The van der Waals surface area contributed by atoms with E-state index in [4.69, 9.17) is 10.9 Å². The summed E-state index contributed by atoms with van der Waals surface area (Å²) in [5, 5.41) is 21.2. The molecule has 0 saturated carbocycles. The highest BCUT2D eigenvalue weighted by molar-refractivity contribution is 8.25. The molecule has 0 radical (unpaired) electrons. The molecule has 0 heterocycles. The maximum Gasteiger partial charge on any atom is 0.339 e. The van der Waals surface area contributed by atoms with Crippen LogP contribution in [0.5, 0.6) is 0 Å². The second-order valence-electron chi connectivity index (χ2n) is 3.54. The first-order valence-corrected chi connectivity index (χ1v) is 7.64. The van der Waals surface area contributed by atoms with Gasteiger partial charge in [-0.1, -0.05) is 25.0 Å². The van der Waals surface area contributed by atoms with Crippen LogP contribution in [0.4, 0.5) is 0 Å². The Kier molecular flexibility index (Phi) is 5.00. The number of nitrogens with one attached hydrogen (secondary N) is 1. The van der Waals surface area contributed by atoms with Gasteiger partial charge < -0.3 is 0 Å². The Hall–Kier alpha value is -2.50. The lowest BCUT2D eigenvalue weighted by Crippen LogP contribution is -2.00. The maximum absolute atomic E-state index is 8.32. The van der Waals surface area contributed by atoms with Crippen molar-refractivity contribution in [2.24, 2.45) is 15.4 Å². The number of allylic oxidation sites excluding steroid dienone is 8. The van der Waals surface area contributed by atoms with Crippen molar-refractivity contribution in [3.05, 3.63) is 53.7 Å². The van der Waals surface area contributed by atoms with Gasteiger partial charge in [-0.25, -0.2) is 0 Å². The molecule has 0 fully saturated rings. The summed E-state index contributed by atoms with van der Waals surface area (Å²) >= 11 is 0. The molecule has 2 rings (SSSR count). The van der Waals surface area contributed by atoms with Crippen molar-refractivity contribution in [2.45, 2.75) is 0 Å². The zero-order valence-corrected chi connectivity index (χ0v) is 11.8. The average molecular weight is 301 g/mol. The molecule has 0 aliphatic heterocycles. The first kappa shape index (κ1) is 13.9. The second kappa shape index (κ2) is 7.18. The molecule has 2 aliphatic carbocycles. The quantitative estimate of drug-likeness (QED) is 0.342. The molecule has 2 aliphatic rings. The van der Waals surface area contributed by atoms with Crippen LogP contribution in [0, 0.1) is 10.9 Å². The third-order valence-electron chi connectivity index (χ3n) is 2.23. The fourth-order valence-electron chi connectivity index (χ4n) is 1.34. The molecule has 1 N–H and O–H groups in total. The third kappa shape index (κ3) is 4.01. The summed E-state index contributed by atoms with van der Waals surface area (Å²) in [7, 11) is 3.22. The summed E-state index contributed by atoms with van der Waals surface area (Å²) in [6, 6.07) is 0. The summed E-state index contributed by atoms with van der Waals surface area (Å²) in [6.45, 7) is 0. The Labute approximate surface area is 121 Å². The van der Waals surface area contributed by atoms with E-state index in [-0.39, 0.29) is 0 Å². The van der Waals surface area contributed by atoms with Gasteiger partial charge in [-0.05, 0) is 48.6 Å². The molecule has 98 valence electrons. The van der Waals surface area contributed by atoms with Gasteiger partial charge in [0.25, 0.3) is 5.39 Å². The zero-order chi connectivity index (χ0) is 14.2. The van der Waals surface area contributed by atoms with Crippen molar-refractivity contribution in [3.63, 3.8) is 0 Å². The van der Waals surface area contributed by atoms with E-state index in [0.717, 1.165) is 9.73 Å². The fraction of sp³-hybridized carbons (Fsp3) is 0. The van der Waals surface area contributed by atoms with E-state index >= 15 is 0 Å². The van der Waals surface area contributed by atoms with Crippen LogP contribution >= 0.6 is 0 Å². The van der Waals surface area contributed by atoms with Crippen LogP contribution in [0.3, 0.4) is 0 Å². The Morgan fingerprint density at radius 3 is 1.80 bits per heavy atom. The number of nitrogens with zero attached hydrogens (tertiary/aromatic N) is 5. The van der Waals surface area contributed by atoms with E-state index in [1.807, 2.05) is 36.5 Å². The Bertz CT molecular complexity index is 724. The standard InChI is InChI=1S/C12H9N6S2/c13-17-15-9-1-5-11(6-2-9)19-20-12-7-3-10(4-8-12)16-18-14/h1-8,13H/q+1. The minimum absolute atomic E-state index is 0.604. The van der Waals surface area contributed by atoms with E-state index in [1.54, 1.807) is 32.0 Å². The molecule has 0 bridgehead atoms. The summed E-state index contributed by atoms with van der Waals surface area (Å²) in [6.07, 6.45) is 14.8. The maximum atomic E-state index is 8.32. The van der Waals surface area contributed by atoms with Crippen molar-refractivity contribution >= 4 is 41.0 Å². The highest BCUT2D eigenvalue weighted by Gasteiger charge is 2.01. The van der Waals surface area contributed by atoms with Crippen LogP contribution < -0.4 is 0 Å². The van der Waals surface area contributed by atoms with Crippen LogP contribution in [0.1, 0.15) is 0 Å². The van der Waals surface area contributed by atoms with Crippen molar-refractivity contribution in [2.75, 3.05) is 0 Å². The van der Waals surface area contributed by atoms with Crippen LogP contribution in [0.25, 0.3) is 5.08 Å². The largest absolute Gasteiger partial charge is 0.339 e. The predicted octanol–water partition coefficient (Wildman–Crippen LogP) is 2.26. The number of diazo groups is 1. The smallest absolute Gasteiger partial charge is 0.185 e. The van der Waals surface area contributed by atoms with E-state index < -0.39 is 0 Å². The van der Waals surface area contributed by atoms with Gasteiger partial charge in [0.1, 0.15) is 0 Å². The normalized spacial score (nSPS) is 15.9. The molecule has 8 heteroatoms. The van der Waals surface area contributed by atoms with E-state index in [0.29, 0.717) is 11.4 Å². The minimum atomic E-state index is 0.604. The van der Waals surface area contributed by atoms with Crippen molar-refractivity contribution in [1.29, 1.82) is 10.9 Å². The van der Waals surface area contributed by atoms with Gasteiger partial charge in [0.15, 0.2) is 10.8 Å². The molecular weight excluding hydrogens is 292 g/mol. The van der Waals surface area contributed by atoms with Gasteiger partial charge in [-0.2, -0.15) is 5.53 Å². The molecule has 0 unspecified atom stereocenters. The van der Waals surface area contributed by atoms with Crippen LogP contribution in [-0.2, 0) is 19.8 Å². The number of hydrogen-bond donors (Lipinski definition) is 1.